The van der Waals surface area contributed by atoms with E-state index in [-0.39, 0.29) is 6.04 Å². The van der Waals surface area contributed by atoms with Crippen LogP contribution in [0, 0.1) is 6.92 Å². The Kier molecular flexibility index (Phi) is 3.64. The summed E-state index contributed by atoms with van der Waals surface area (Å²) < 4.78 is 2.94. The van der Waals surface area contributed by atoms with Gasteiger partial charge in [0.25, 0.3) is 0 Å². The lowest BCUT2D eigenvalue weighted by molar-refractivity contribution is 0.652. The molecule has 0 aliphatic rings. The van der Waals surface area contributed by atoms with Crippen molar-refractivity contribution in [2.24, 2.45) is 12.8 Å². The minimum absolute atomic E-state index is 0.0517. The Labute approximate surface area is 110 Å². The van der Waals surface area contributed by atoms with Crippen molar-refractivity contribution >= 4 is 15.9 Å². The van der Waals surface area contributed by atoms with Crippen LogP contribution in [0.4, 0.5) is 0 Å². The number of benzene rings is 1. The van der Waals surface area contributed by atoms with Crippen LogP contribution in [-0.2, 0) is 13.5 Å². The Morgan fingerprint density at radius 2 is 2.18 bits per heavy atom. The van der Waals surface area contributed by atoms with Gasteiger partial charge in [-0.3, -0.25) is 4.68 Å². The van der Waals surface area contributed by atoms with Crippen LogP contribution in [-0.4, -0.2) is 9.78 Å². The van der Waals surface area contributed by atoms with E-state index in [0.29, 0.717) is 0 Å². The minimum atomic E-state index is -0.0517. The van der Waals surface area contributed by atoms with Crippen LogP contribution >= 0.6 is 15.9 Å². The first-order chi connectivity index (χ1) is 8.06. The number of aromatic nitrogens is 2. The number of hydrogen-bond acceptors (Lipinski definition) is 2. The summed E-state index contributed by atoms with van der Waals surface area (Å²) in [6, 6.07) is 10.2. The van der Waals surface area contributed by atoms with Crippen LogP contribution in [0.25, 0.3) is 0 Å². The maximum atomic E-state index is 6.17. The first-order valence-electron chi connectivity index (χ1n) is 5.57. The molecule has 0 amide bonds. The van der Waals surface area contributed by atoms with Crippen molar-refractivity contribution in [2.45, 2.75) is 19.4 Å². The fourth-order valence-electron chi connectivity index (χ4n) is 1.79. The smallest absolute Gasteiger partial charge is 0.0797 e. The molecule has 0 aliphatic carbocycles. The molecular formula is C13H16BrN3. The summed E-state index contributed by atoms with van der Waals surface area (Å²) >= 11 is 3.46. The van der Waals surface area contributed by atoms with Crippen molar-refractivity contribution in [2.75, 3.05) is 0 Å². The third-order valence-electron chi connectivity index (χ3n) is 2.86. The highest BCUT2D eigenvalue weighted by Crippen LogP contribution is 2.18. The Balaban J connectivity index is 2.14. The van der Waals surface area contributed by atoms with Gasteiger partial charge in [0.2, 0.25) is 0 Å². The molecule has 0 saturated heterocycles. The zero-order valence-corrected chi connectivity index (χ0v) is 11.6. The molecule has 0 spiro atoms. The zero-order valence-electron chi connectivity index (χ0n) is 10.0. The SMILES string of the molecule is Cc1cc(C(N)Cc2cccc(Br)c2)nn1C. The van der Waals surface area contributed by atoms with Gasteiger partial charge in [0, 0.05) is 17.2 Å². The fourth-order valence-corrected chi connectivity index (χ4v) is 2.24. The number of aryl methyl sites for hydroxylation is 2. The van der Waals surface area contributed by atoms with Gasteiger partial charge in [-0.25, -0.2) is 0 Å². The molecule has 0 saturated carbocycles. The Bertz CT molecular complexity index is 500. The fraction of sp³-hybridized carbons (Fsp3) is 0.308. The molecule has 0 radical (unpaired) electrons. The largest absolute Gasteiger partial charge is 0.322 e. The highest BCUT2D eigenvalue weighted by atomic mass is 79.9. The second-order valence-corrected chi connectivity index (χ2v) is 5.19. The summed E-state index contributed by atoms with van der Waals surface area (Å²) in [5, 5.41) is 4.41. The van der Waals surface area contributed by atoms with Crippen LogP contribution < -0.4 is 5.73 Å². The summed E-state index contributed by atoms with van der Waals surface area (Å²) in [5.41, 5.74) is 9.46. The summed E-state index contributed by atoms with van der Waals surface area (Å²) in [4.78, 5) is 0. The van der Waals surface area contributed by atoms with Crippen LogP contribution in [0.15, 0.2) is 34.8 Å². The van der Waals surface area contributed by atoms with Gasteiger partial charge >= 0.3 is 0 Å². The molecule has 90 valence electrons. The average Bonchev–Trinajstić information content (AvgIpc) is 2.59. The van der Waals surface area contributed by atoms with Crippen molar-refractivity contribution < 1.29 is 0 Å². The van der Waals surface area contributed by atoms with Gasteiger partial charge in [-0.05, 0) is 37.1 Å². The van der Waals surface area contributed by atoms with E-state index in [9.17, 15) is 0 Å². The molecule has 4 heteroatoms. The predicted octanol–water partition coefficient (Wildman–Crippen LogP) is 2.73. The van der Waals surface area contributed by atoms with E-state index < -0.39 is 0 Å². The van der Waals surface area contributed by atoms with E-state index in [1.807, 2.05) is 36.9 Å². The van der Waals surface area contributed by atoms with Crippen molar-refractivity contribution in [3.8, 4) is 0 Å². The van der Waals surface area contributed by atoms with Crippen molar-refractivity contribution in [3.05, 3.63) is 51.8 Å². The second-order valence-electron chi connectivity index (χ2n) is 4.27. The van der Waals surface area contributed by atoms with Gasteiger partial charge in [-0.15, -0.1) is 0 Å². The van der Waals surface area contributed by atoms with Gasteiger partial charge in [-0.2, -0.15) is 5.10 Å². The molecule has 0 fully saturated rings. The van der Waals surface area contributed by atoms with E-state index in [2.05, 4.69) is 33.2 Å². The quantitative estimate of drug-likeness (QED) is 0.946. The zero-order chi connectivity index (χ0) is 12.4. The van der Waals surface area contributed by atoms with Crippen LogP contribution in [0.3, 0.4) is 0 Å². The van der Waals surface area contributed by atoms with Gasteiger partial charge in [0.15, 0.2) is 0 Å². The Morgan fingerprint density at radius 1 is 1.41 bits per heavy atom. The molecule has 2 N–H and O–H groups in total. The van der Waals surface area contributed by atoms with Gasteiger partial charge in [0.05, 0.1) is 11.7 Å². The maximum absolute atomic E-state index is 6.17. The molecule has 1 unspecified atom stereocenters. The molecule has 1 atom stereocenters. The minimum Gasteiger partial charge on any atom is -0.322 e. The van der Waals surface area contributed by atoms with Gasteiger partial charge in [-0.1, -0.05) is 28.1 Å². The number of rotatable bonds is 3. The summed E-state index contributed by atoms with van der Waals surface area (Å²) in [6.45, 7) is 2.03. The van der Waals surface area contributed by atoms with Crippen LogP contribution in [0.1, 0.15) is 23.0 Å². The molecule has 1 heterocycles. The number of nitrogens with two attached hydrogens (primary N) is 1. The lowest BCUT2D eigenvalue weighted by Gasteiger charge is -2.08. The number of nitrogens with zero attached hydrogens (tertiary/aromatic N) is 2. The van der Waals surface area contributed by atoms with E-state index in [1.54, 1.807) is 0 Å². The Morgan fingerprint density at radius 3 is 2.76 bits per heavy atom. The van der Waals surface area contributed by atoms with E-state index in [1.165, 1.54) is 5.56 Å². The highest BCUT2D eigenvalue weighted by Gasteiger charge is 2.11. The van der Waals surface area contributed by atoms with Gasteiger partial charge in [0.1, 0.15) is 0 Å². The lowest BCUT2D eigenvalue weighted by atomic mass is 10.0. The molecule has 0 bridgehead atoms. The molecular weight excluding hydrogens is 278 g/mol. The van der Waals surface area contributed by atoms with Crippen molar-refractivity contribution in [1.29, 1.82) is 0 Å². The maximum Gasteiger partial charge on any atom is 0.0797 e. The molecule has 3 nitrogen and oxygen atoms in total. The predicted molar refractivity (Wildman–Crippen MR) is 72.7 cm³/mol. The van der Waals surface area contributed by atoms with E-state index in [0.717, 1.165) is 22.3 Å². The third kappa shape index (κ3) is 2.96. The molecule has 1 aromatic heterocycles. The second kappa shape index (κ2) is 5.02. The monoisotopic (exact) mass is 293 g/mol. The first-order valence-corrected chi connectivity index (χ1v) is 6.36. The topological polar surface area (TPSA) is 43.8 Å². The molecule has 17 heavy (non-hydrogen) atoms. The first kappa shape index (κ1) is 12.3. The number of hydrogen-bond donors (Lipinski definition) is 1. The lowest BCUT2D eigenvalue weighted by Crippen LogP contribution is -2.14. The normalized spacial score (nSPS) is 12.7. The van der Waals surface area contributed by atoms with E-state index >= 15 is 0 Å². The Hall–Kier alpha value is -1.13. The number of halogens is 1. The van der Waals surface area contributed by atoms with Crippen molar-refractivity contribution in [3.63, 3.8) is 0 Å². The van der Waals surface area contributed by atoms with Crippen molar-refractivity contribution in [1.82, 2.24) is 9.78 Å². The van der Waals surface area contributed by atoms with E-state index in [4.69, 9.17) is 5.73 Å². The summed E-state index contributed by atoms with van der Waals surface area (Å²) in [6.07, 6.45) is 0.801. The summed E-state index contributed by atoms with van der Waals surface area (Å²) in [5.74, 6) is 0. The van der Waals surface area contributed by atoms with Crippen LogP contribution in [0.2, 0.25) is 0 Å². The molecule has 1 aromatic carbocycles. The average molecular weight is 294 g/mol. The molecule has 2 rings (SSSR count). The standard InChI is InChI=1S/C13H16BrN3/c1-9-6-13(16-17(9)2)12(15)8-10-4-3-5-11(14)7-10/h3-7,12H,8,15H2,1-2H3. The van der Waals surface area contributed by atoms with Crippen LogP contribution in [0.5, 0.6) is 0 Å². The third-order valence-corrected chi connectivity index (χ3v) is 3.35. The molecule has 0 aliphatic heterocycles. The molecule has 2 aromatic rings. The summed E-state index contributed by atoms with van der Waals surface area (Å²) in [7, 11) is 1.94. The highest BCUT2D eigenvalue weighted by molar-refractivity contribution is 9.10. The van der Waals surface area contributed by atoms with Gasteiger partial charge < -0.3 is 5.73 Å².